The van der Waals surface area contributed by atoms with Crippen molar-refractivity contribution in [3.05, 3.63) is 0 Å². The summed E-state index contributed by atoms with van der Waals surface area (Å²) in [5.74, 6) is -0.534. The predicted molar refractivity (Wildman–Crippen MR) is 67.8 cm³/mol. The van der Waals surface area contributed by atoms with E-state index in [2.05, 4.69) is 24.5 Å². The number of nitrogens with one attached hydrogen (secondary N) is 2. The van der Waals surface area contributed by atoms with Gasteiger partial charge in [0.15, 0.2) is 0 Å². The van der Waals surface area contributed by atoms with Crippen molar-refractivity contribution in [3.8, 4) is 0 Å². The Morgan fingerprint density at radius 2 is 1.94 bits per heavy atom. The van der Waals surface area contributed by atoms with Crippen LogP contribution in [-0.2, 0) is 14.3 Å². The average molecular weight is 257 g/mol. The second-order valence-electron chi connectivity index (χ2n) is 5.46. The smallest absolute Gasteiger partial charge is 0.239 e. The summed E-state index contributed by atoms with van der Waals surface area (Å²) in [6.07, 6.45) is 0.771. The van der Waals surface area contributed by atoms with Crippen molar-refractivity contribution in [2.75, 3.05) is 20.2 Å². The van der Waals surface area contributed by atoms with Crippen molar-refractivity contribution in [1.82, 2.24) is 10.6 Å². The summed E-state index contributed by atoms with van der Waals surface area (Å²) in [6, 6.07) is 0.0599. The van der Waals surface area contributed by atoms with Gasteiger partial charge in [0.1, 0.15) is 0 Å². The van der Waals surface area contributed by atoms with Crippen molar-refractivity contribution >= 4 is 11.8 Å². The van der Waals surface area contributed by atoms with Gasteiger partial charge in [-0.25, -0.2) is 0 Å². The number of carbonyl (C=O) groups is 2. The standard InChI is InChI=1S/C12H23N3O3/c1-11(2)8(5-12(11,3)18-4)15-10(17)7-14-9(16)6-13/h8H,5-7,13H2,1-4H3,(H,14,16)(H,15,17). The summed E-state index contributed by atoms with van der Waals surface area (Å²) in [5, 5.41) is 5.34. The number of hydrogen-bond acceptors (Lipinski definition) is 4. The fourth-order valence-electron chi connectivity index (χ4n) is 2.22. The zero-order valence-corrected chi connectivity index (χ0v) is 11.5. The molecule has 1 saturated carbocycles. The van der Waals surface area contributed by atoms with Crippen molar-refractivity contribution in [2.24, 2.45) is 11.1 Å². The number of carbonyl (C=O) groups excluding carboxylic acids is 2. The van der Waals surface area contributed by atoms with Crippen LogP contribution in [0.15, 0.2) is 0 Å². The van der Waals surface area contributed by atoms with Gasteiger partial charge in [-0.05, 0) is 13.3 Å². The average Bonchev–Trinajstić information content (AvgIpc) is 2.34. The Labute approximate surface area is 108 Å². The molecule has 2 atom stereocenters. The lowest BCUT2D eigenvalue weighted by Crippen LogP contribution is -2.69. The van der Waals surface area contributed by atoms with Gasteiger partial charge in [-0.15, -0.1) is 0 Å². The molecule has 18 heavy (non-hydrogen) atoms. The van der Waals surface area contributed by atoms with E-state index in [0.717, 1.165) is 6.42 Å². The summed E-state index contributed by atoms with van der Waals surface area (Å²) in [6.45, 7) is 6.01. The third-order valence-corrected chi connectivity index (χ3v) is 4.25. The first-order valence-corrected chi connectivity index (χ1v) is 6.08. The summed E-state index contributed by atoms with van der Waals surface area (Å²) >= 11 is 0. The van der Waals surface area contributed by atoms with E-state index in [0.29, 0.717) is 0 Å². The molecule has 0 aromatic carbocycles. The molecule has 1 aliphatic rings. The maximum absolute atomic E-state index is 11.6. The summed E-state index contributed by atoms with van der Waals surface area (Å²) in [5.41, 5.74) is 4.79. The Morgan fingerprint density at radius 3 is 2.39 bits per heavy atom. The molecule has 0 aromatic heterocycles. The molecule has 2 unspecified atom stereocenters. The fraction of sp³-hybridized carbons (Fsp3) is 0.833. The lowest BCUT2D eigenvalue weighted by Gasteiger charge is -2.59. The summed E-state index contributed by atoms with van der Waals surface area (Å²) < 4.78 is 5.48. The van der Waals surface area contributed by atoms with E-state index in [9.17, 15) is 9.59 Å². The third-order valence-electron chi connectivity index (χ3n) is 4.25. The van der Waals surface area contributed by atoms with Gasteiger partial charge < -0.3 is 21.1 Å². The minimum atomic E-state index is -0.334. The molecule has 0 spiro atoms. The monoisotopic (exact) mass is 257 g/mol. The molecule has 6 nitrogen and oxygen atoms in total. The molecule has 0 saturated heterocycles. The molecule has 1 aliphatic carbocycles. The number of ether oxygens (including phenoxy) is 1. The lowest BCUT2D eigenvalue weighted by atomic mass is 9.56. The maximum Gasteiger partial charge on any atom is 0.239 e. The molecule has 104 valence electrons. The molecule has 6 heteroatoms. The van der Waals surface area contributed by atoms with E-state index in [1.54, 1.807) is 7.11 Å². The van der Waals surface area contributed by atoms with E-state index >= 15 is 0 Å². The van der Waals surface area contributed by atoms with Crippen LogP contribution in [0.1, 0.15) is 27.2 Å². The number of nitrogens with two attached hydrogens (primary N) is 1. The van der Waals surface area contributed by atoms with Crippen LogP contribution < -0.4 is 16.4 Å². The van der Waals surface area contributed by atoms with Gasteiger partial charge in [0, 0.05) is 18.6 Å². The summed E-state index contributed by atoms with van der Waals surface area (Å²) in [7, 11) is 1.68. The van der Waals surface area contributed by atoms with Crippen LogP contribution in [-0.4, -0.2) is 43.7 Å². The van der Waals surface area contributed by atoms with Crippen molar-refractivity contribution < 1.29 is 14.3 Å². The van der Waals surface area contributed by atoms with Gasteiger partial charge in [0.05, 0.1) is 18.7 Å². The van der Waals surface area contributed by atoms with E-state index in [1.807, 2.05) is 6.92 Å². The van der Waals surface area contributed by atoms with Gasteiger partial charge in [-0.3, -0.25) is 9.59 Å². The Hall–Kier alpha value is -1.14. The molecular formula is C12H23N3O3. The van der Waals surface area contributed by atoms with Gasteiger partial charge >= 0.3 is 0 Å². The number of hydrogen-bond donors (Lipinski definition) is 3. The molecular weight excluding hydrogens is 234 g/mol. The topological polar surface area (TPSA) is 93.5 Å². The first-order valence-electron chi connectivity index (χ1n) is 6.08. The molecule has 0 aromatic rings. The highest BCUT2D eigenvalue weighted by atomic mass is 16.5. The first-order chi connectivity index (χ1) is 8.26. The molecule has 0 heterocycles. The Balaban J connectivity index is 2.42. The van der Waals surface area contributed by atoms with Crippen LogP contribution in [0.3, 0.4) is 0 Å². The minimum Gasteiger partial charge on any atom is -0.378 e. The number of methoxy groups -OCH3 is 1. The third kappa shape index (κ3) is 2.64. The Bertz CT molecular complexity index is 343. The Kier molecular flexibility index (Phi) is 4.34. The highest BCUT2D eigenvalue weighted by molar-refractivity contribution is 5.85. The zero-order valence-electron chi connectivity index (χ0n) is 11.5. The minimum absolute atomic E-state index is 0.0354. The summed E-state index contributed by atoms with van der Waals surface area (Å²) in [4.78, 5) is 22.6. The van der Waals surface area contributed by atoms with Gasteiger partial charge in [-0.2, -0.15) is 0 Å². The van der Waals surface area contributed by atoms with E-state index in [-0.39, 0.29) is 42.0 Å². The predicted octanol–water partition coefficient (Wildman–Crippen LogP) is -0.619. The SMILES string of the molecule is COC1(C)CC(NC(=O)CNC(=O)CN)C1(C)C. The highest BCUT2D eigenvalue weighted by Crippen LogP contribution is 2.51. The lowest BCUT2D eigenvalue weighted by molar-refractivity contribution is -0.182. The molecule has 1 fully saturated rings. The van der Waals surface area contributed by atoms with Crippen LogP contribution in [0, 0.1) is 5.41 Å². The van der Waals surface area contributed by atoms with E-state index in [4.69, 9.17) is 10.5 Å². The largest absolute Gasteiger partial charge is 0.378 e. The second-order valence-corrected chi connectivity index (χ2v) is 5.46. The van der Waals surface area contributed by atoms with Crippen LogP contribution in [0.25, 0.3) is 0 Å². The normalized spacial score (nSPS) is 29.3. The van der Waals surface area contributed by atoms with Crippen LogP contribution >= 0.6 is 0 Å². The highest BCUT2D eigenvalue weighted by Gasteiger charge is 2.58. The molecule has 0 aliphatic heterocycles. The Morgan fingerprint density at radius 1 is 1.33 bits per heavy atom. The first kappa shape index (κ1) is 14.9. The molecule has 2 amide bonds. The van der Waals surface area contributed by atoms with Crippen molar-refractivity contribution in [1.29, 1.82) is 0 Å². The molecule has 0 radical (unpaired) electrons. The maximum atomic E-state index is 11.6. The molecule has 1 rings (SSSR count). The molecule has 4 N–H and O–H groups in total. The van der Waals surface area contributed by atoms with E-state index < -0.39 is 0 Å². The molecule has 0 bridgehead atoms. The van der Waals surface area contributed by atoms with Crippen LogP contribution in [0.2, 0.25) is 0 Å². The van der Waals surface area contributed by atoms with Gasteiger partial charge in [-0.1, -0.05) is 13.8 Å². The van der Waals surface area contributed by atoms with Crippen molar-refractivity contribution in [2.45, 2.75) is 38.8 Å². The number of rotatable bonds is 5. The van der Waals surface area contributed by atoms with Crippen LogP contribution in [0.5, 0.6) is 0 Å². The number of amides is 2. The van der Waals surface area contributed by atoms with Crippen molar-refractivity contribution in [3.63, 3.8) is 0 Å². The zero-order chi connectivity index (χ0) is 14.0. The van der Waals surface area contributed by atoms with Gasteiger partial charge in [0.2, 0.25) is 11.8 Å². The quantitative estimate of drug-likeness (QED) is 0.612. The van der Waals surface area contributed by atoms with Crippen LogP contribution in [0.4, 0.5) is 0 Å². The second kappa shape index (κ2) is 5.24. The van der Waals surface area contributed by atoms with Gasteiger partial charge in [0.25, 0.3) is 0 Å². The van der Waals surface area contributed by atoms with E-state index in [1.165, 1.54) is 0 Å². The fourth-order valence-corrected chi connectivity index (χ4v) is 2.22.